The molecular formula is C14H22N2O3. The monoisotopic (exact) mass is 266 g/mol. The van der Waals surface area contributed by atoms with Crippen LogP contribution >= 0.6 is 0 Å². The van der Waals surface area contributed by atoms with Gasteiger partial charge in [0.25, 0.3) is 0 Å². The van der Waals surface area contributed by atoms with Gasteiger partial charge in [0.2, 0.25) is 5.91 Å². The Bertz CT molecular complexity index is 396. The summed E-state index contributed by atoms with van der Waals surface area (Å²) in [5.74, 6) is 0.780. The van der Waals surface area contributed by atoms with E-state index in [1.54, 1.807) is 14.2 Å². The SMILES string of the molecule is COCCNC(=O)CN[C@H](C)c1cccc(OC)c1. The molecule has 1 aromatic rings. The number of methoxy groups -OCH3 is 2. The molecule has 1 aromatic carbocycles. The van der Waals surface area contributed by atoms with Crippen molar-refractivity contribution in [1.29, 1.82) is 0 Å². The second kappa shape index (κ2) is 8.50. The molecule has 2 N–H and O–H groups in total. The second-order valence-corrected chi connectivity index (χ2v) is 4.22. The molecule has 0 saturated carbocycles. The Morgan fingerprint density at radius 2 is 2.16 bits per heavy atom. The van der Waals surface area contributed by atoms with Crippen molar-refractivity contribution in [3.05, 3.63) is 29.8 Å². The van der Waals surface area contributed by atoms with Crippen LogP contribution in [0, 0.1) is 0 Å². The van der Waals surface area contributed by atoms with Crippen LogP contribution in [0.2, 0.25) is 0 Å². The van der Waals surface area contributed by atoms with Gasteiger partial charge in [0.1, 0.15) is 5.75 Å². The normalized spacial score (nSPS) is 11.9. The molecule has 0 aliphatic rings. The zero-order valence-electron chi connectivity index (χ0n) is 11.7. The van der Waals surface area contributed by atoms with Crippen LogP contribution in [0.1, 0.15) is 18.5 Å². The third-order valence-corrected chi connectivity index (χ3v) is 2.79. The van der Waals surface area contributed by atoms with Crippen LogP contribution < -0.4 is 15.4 Å². The molecule has 0 aliphatic carbocycles. The topological polar surface area (TPSA) is 59.6 Å². The highest BCUT2D eigenvalue weighted by atomic mass is 16.5. The molecule has 0 radical (unpaired) electrons. The van der Waals surface area contributed by atoms with Gasteiger partial charge in [-0.15, -0.1) is 0 Å². The third-order valence-electron chi connectivity index (χ3n) is 2.79. The summed E-state index contributed by atoms with van der Waals surface area (Å²) in [6.07, 6.45) is 0. The second-order valence-electron chi connectivity index (χ2n) is 4.22. The molecule has 0 fully saturated rings. The third kappa shape index (κ3) is 5.72. The first-order chi connectivity index (χ1) is 9.17. The van der Waals surface area contributed by atoms with Gasteiger partial charge in [-0.1, -0.05) is 12.1 Å². The van der Waals surface area contributed by atoms with Crippen LogP contribution in [0.3, 0.4) is 0 Å². The molecule has 0 spiro atoms. The number of carbonyl (C=O) groups excluding carboxylic acids is 1. The summed E-state index contributed by atoms with van der Waals surface area (Å²) in [6, 6.07) is 7.88. The molecule has 0 aromatic heterocycles. The smallest absolute Gasteiger partial charge is 0.234 e. The van der Waals surface area contributed by atoms with E-state index in [0.717, 1.165) is 11.3 Å². The Kier molecular flexibility index (Phi) is 6.92. The van der Waals surface area contributed by atoms with Crippen LogP contribution in [0.25, 0.3) is 0 Å². The van der Waals surface area contributed by atoms with E-state index in [0.29, 0.717) is 13.2 Å². The Morgan fingerprint density at radius 3 is 2.84 bits per heavy atom. The summed E-state index contributed by atoms with van der Waals surface area (Å²) >= 11 is 0. The van der Waals surface area contributed by atoms with Crippen molar-refractivity contribution in [3.8, 4) is 5.75 Å². The maximum absolute atomic E-state index is 11.5. The number of rotatable bonds is 8. The quantitative estimate of drug-likeness (QED) is 0.692. The van der Waals surface area contributed by atoms with E-state index in [2.05, 4.69) is 10.6 Å². The fraction of sp³-hybridized carbons (Fsp3) is 0.500. The fourth-order valence-electron chi connectivity index (χ4n) is 1.63. The maximum Gasteiger partial charge on any atom is 0.234 e. The molecule has 19 heavy (non-hydrogen) atoms. The number of nitrogens with one attached hydrogen (secondary N) is 2. The molecular weight excluding hydrogens is 244 g/mol. The van der Waals surface area contributed by atoms with E-state index in [-0.39, 0.29) is 18.5 Å². The van der Waals surface area contributed by atoms with Crippen molar-refractivity contribution in [2.45, 2.75) is 13.0 Å². The standard InChI is InChI=1S/C14H22N2O3/c1-11(12-5-4-6-13(9-12)19-3)16-10-14(17)15-7-8-18-2/h4-6,9,11,16H,7-8,10H2,1-3H3,(H,15,17)/t11-/m1/s1. The van der Waals surface area contributed by atoms with E-state index in [4.69, 9.17) is 9.47 Å². The molecule has 0 heterocycles. The molecule has 1 rings (SSSR count). The molecule has 1 atom stereocenters. The predicted octanol–water partition coefficient (Wildman–Crippen LogP) is 1.11. The number of amides is 1. The van der Waals surface area contributed by atoms with Crippen LogP contribution in [-0.2, 0) is 9.53 Å². The number of benzene rings is 1. The van der Waals surface area contributed by atoms with Crippen molar-refractivity contribution < 1.29 is 14.3 Å². The lowest BCUT2D eigenvalue weighted by Crippen LogP contribution is -2.36. The summed E-state index contributed by atoms with van der Waals surface area (Å²) in [5, 5.41) is 5.93. The minimum Gasteiger partial charge on any atom is -0.497 e. The van der Waals surface area contributed by atoms with E-state index >= 15 is 0 Å². The van der Waals surface area contributed by atoms with Crippen molar-refractivity contribution in [1.82, 2.24) is 10.6 Å². The molecule has 0 unspecified atom stereocenters. The number of carbonyl (C=O) groups is 1. The van der Waals surface area contributed by atoms with Crippen molar-refractivity contribution in [3.63, 3.8) is 0 Å². The van der Waals surface area contributed by atoms with E-state index in [1.165, 1.54) is 0 Å². The highest BCUT2D eigenvalue weighted by Crippen LogP contribution is 2.18. The summed E-state index contributed by atoms with van der Waals surface area (Å²) in [6.45, 7) is 3.35. The lowest BCUT2D eigenvalue weighted by atomic mass is 10.1. The minimum atomic E-state index is -0.0354. The average Bonchev–Trinajstić information content (AvgIpc) is 2.45. The van der Waals surface area contributed by atoms with Gasteiger partial charge in [0.05, 0.1) is 20.3 Å². The fourth-order valence-corrected chi connectivity index (χ4v) is 1.63. The Balaban J connectivity index is 2.37. The minimum absolute atomic E-state index is 0.0354. The highest BCUT2D eigenvalue weighted by molar-refractivity contribution is 5.78. The van der Waals surface area contributed by atoms with Gasteiger partial charge in [-0.3, -0.25) is 4.79 Å². The van der Waals surface area contributed by atoms with Gasteiger partial charge in [0.15, 0.2) is 0 Å². The Labute approximate surface area is 114 Å². The summed E-state index contributed by atoms with van der Waals surface area (Å²) in [7, 11) is 3.25. The lowest BCUT2D eigenvalue weighted by Gasteiger charge is -2.15. The van der Waals surface area contributed by atoms with Crippen LogP contribution in [-0.4, -0.2) is 39.8 Å². The first kappa shape index (κ1) is 15.5. The zero-order chi connectivity index (χ0) is 14.1. The van der Waals surface area contributed by atoms with Crippen molar-refractivity contribution in [2.24, 2.45) is 0 Å². The van der Waals surface area contributed by atoms with Gasteiger partial charge >= 0.3 is 0 Å². The van der Waals surface area contributed by atoms with Crippen molar-refractivity contribution in [2.75, 3.05) is 33.9 Å². The van der Waals surface area contributed by atoms with Gasteiger partial charge in [0, 0.05) is 19.7 Å². The zero-order valence-corrected chi connectivity index (χ0v) is 11.7. The summed E-state index contributed by atoms with van der Waals surface area (Å²) in [5.41, 5.74) is 1.09. The van der Waals surface area contributed by atoms with Crippen molar-refractivity contribution >= 4 is 5.91 Å². The van der Waals surface area contributed by atoms with E-state index in [9.17, 15) is 4.79 Å². The summed E-state index contributed by atoms with van der Waals surface area (Å²) in [4.78, 5) is 11.5. The van der Waals surface area contributed by atoms with Gasteiger partial charge < -0.3 is 20.1 Å². The molecule has 106 valence electrons. The van der Waals surface area contributed by atoms with Gasteiger partial charge in [-0.25, -0.2) is 0 Å². The van der Waals surface area contributed by atoms with Gasteiger partial charge in [-0.05, 0) is 24.6 Å². The Hall–Kier alpha value is -1.59. The van der Waals surface area contributed by atoms with Crippen LogP contribution in [0.4, 0.5) is 0 Å². The lowest BCUT2D eigenvalue weighted by molar-refractivity contribution is -0.120. The number of hydrogen-bond acceptors (Lipinski definition) is 4. The molecule has 5 nitrogen and oxygen atoms in total. The highest BCUT2D eigenvalue weighted by Gasteiger charge is 2.08. The first-order valence-electron chi connectivity index (χ1n) is 6.30. The molecule has 5 heteroatoms. The van der Waals surface area contributed by atoms with E-state index in [1.807, 2.05) is 31.2 Å². The van der Waals surface area contributed by atoms with Gasteiger partial charge in [-0.2, -0.15) is 0 Å². The number of hydrogen-bond donors (Lipinski definition) is 2. The maximum atomic E-state index is 11.5. The first-order valence-corrected chi connectivity index (χ1v) is 6.30. The molecule has 0 aliphatic heterocycles. The number of ether oxygens (including phenoxy) is 2. The largest absolute Gasteiger partial charge is 0.497 e. The average molecular weight is 266 g/mol. The molecule has 0 saturated heterocycles. The van der Waals surface area contributed by atoms with E-state index < -0.39 is 0 Å². The van der Waals surface area contributed by atoms with Crippen LogP contribution in [0.15, 0.2) is 24.3 Å². The van der Waals surface area contributed by atoms with Crippen LogP contribution in [0.5, 0.6) is 5.75 Å². The molecule has 0 bridgehead atoms. The Morgan fingerprint density at radius 1 is 1.37 bits per heavy atom. The molecule has 1 amide bonds. The summed E-state index contributed by atoms with van der Waals surface area (Å²) < 4.78 is 10.0. The predicted molar refractivity (Wildman–Crippen MR) is 74.3 cm³/mol.